The van der Waals surface area contributed by atoms with Crippen LogP contribution in [0.2, 0.25) is 0 Å². The minimum absolute atomic E-state index is 0.0122. The number of amidine groups is 1. The number of phenolic OH excluding ortho intramolecular Hbond substituents is 1. The van der Waals surface area contributed by atoms with Crippen molar-refractivity contribution in [2.24, 2.45) is 10.7 Å². The third kappa shape index (κ3) is 2.82. The summed E-state index contributed by atoms with van der Waals surface area (Å²) in [6.07, 6.45) is 0.664. The number of aryl methyl sites for hydroxylation is 1. The van der Waals surface area contributed by atoms with Crippen LogP contribution in [0.1, 0.15) is 12.7 Å². The molecule has 7 nitrogen and oxygen atoms in total. The molecule has 0 saturated heterocycles. The Morgan fingerprint density at radius 1 is 1.53 bits per heavy atom. The molecule has 0 aliphatic heterocycles. The molecule has 0 unspecified atom stereocenters. The fourth-order valence-electron chi connectivity index (χ4n) is 1.45. The fourth-order valence-corrected chi connectivity index (χ4v) is 1.45. The van der Waals surface area contributed by atoms with Gasteiger partial charge in [0.05, 0.1) is 18.4 Å². The van der Waals surface area contributed by atoms with Crippen molar-refractivity contribution in [3.63, 3.8) is 0 Å². The zero-order chi connectivity index (χ0) is 13.8. The van der Waals surface area contributed by atoms with Crippen LogP contribution in [-0.2, 0) is 11.2 Å². The summed E-state index contributed by atoms with van der Waals surface area (Å²) in [5.74, 6) is 0.834. The molecule has 0 spiro atoms. The quantitative estimate of drug-likeness (QED) is 0.642. The molecule has 2 rings (SSSR count). The zero-order valence-corrected chi connectivity index (χ0v) is 10.6. The Morgan fingerprint density at radius 2 is 2.32 bits per heavy atom. The molecule has 0 bridgehead atoms. The highest BCUT2D eigenvalue weighted by Crippen LogP contribution is 2.31. The van der Waals surface area contributed by atoms with Crippen LogP contribution in [0.15, 0.2) is 27.7 Å². The second-order valence-electron chi connectivity index (χ2n) is 3.72. The lowest BCUT2D eigenvalue weighted by Gasteiger charge is -2.02. The average Bonchev–Trinajstić information content (AvgIpc) is 2.87. The first-order valence-electron chi connectivity index (χ1n) is 5.68. The number of nitrogens with zero attached hydrogens (tertiary/aromatic N) is 3. The van der Waals surface area contributed by atoms with Crippen molar-refractivity contribution in [3.8, 4) is 17.2 Å². The van der Waals surface area contributed by atoms with E-state index in [1.807, 2.05) is 6.92 Å². The second kappa shape index (κ2) is 5.38. The maximum atomic E-state index is 9.93. The predicted octanol–water partition coefficient (Wildman–Crippen LogP) is 1.60. The van der Waals surface area contributed by atoms with Gasteiger partial charge in [-0.05, 0) is 12.1 Å². The highest BCUT2D eigenvalue weighted by Gasteiger charge is 2.12. The van der Waals surface area contributed by atoms with E-state index < -0.39 is 0 Å². The van der Waals surface area contributed by atoms with Crippen molar-refractivity contribution in [3.05, 3.63) is 24.0 Å². The topological polar surface area (TPSA) is 107 Å². The van der Waals surface area contributed by atoms with Crippen LogP contribution < -0.4 is 5.73 Å². The number of hydrogen-bond donors (Lipinski definition) is 2. The summed E-state index contributed by atoms with van der Waals surface area (Å²) in [7, 11) is 1.41. The number of nitrogens with two attached hydrogens (primary N) is 1. The number of aromatic nitrogens is 2. The average molecular weight is 262 g/mol. The van der Waals surface area contributed by atoms with Crippen LogP contribution in [0.3, 0.4) is 0 Å². The zero-order valence-electron chi connectivity index (χ0n) is 10.6. The molecule has 1 aromatic heterocycles. The normalized spacial score (nSPS) is 11.6. The highest BCUT2D eigenvalue weighted by atomic mass is 16.5. The molecular weight excluding hydrogens is 248 g/mol. The van der Waals surface area contributed by atoms with Gasteiger partial charge in [-0.3, -0.25) is 0 Å². The van der Waals surface area contributed by atoms with Gasteiger partial charge in [0.15, 0.2) is 5.82 Å². The minimum Gasteiger partial charge on any atom is -0.507 e. The molecule has 0 aliphatic rings. The highest BCUT2D eigenvalue weighted by molar-refractivity contribution is 5.76. The van der Waals surface area contributed by atoms with Gasteiger partial charge in [-0.15, -0.1) is 0 Å². The number of phenols is 1. The number of benzene rings is 1. The van der Waals surface area contributed by atoms with Gasteiger partial charge in [0.2, 0.25) is 0 Å². The van der Waals surface area contributed by atoms with Crippen LogP contribution >= 0.6 is 0 Å². The summed E-state index contributed by atoms with van der Waals surface area (Å²) < 4.78 is 9.79. The Bertz CT molecular complexity index is 607. The number of aliphatic imine (C=N–C) groups is 1. The maximum Gasteiger partial charge on any atom is 0.286 e. The first kappa shape index (κ1) is 12.9. The minimum atomic E-state index is -0.0172. The van der Waals surface area contributed by atoms with Gasteiger partial charge >= 0.3 is 0 Å². The Morgan fingerprint density at radius 3 is 2.89 bits per heavy atom. The van der Waals surface area contributed by atoms with Gasteiger partial charge in [0.25, 0.3) is 11.9 Å². The van der Waals surface area contributed by atoms with Crippen molar-refractivity contribution in [1.82, 2.24) is 10.1 Å². The van der Waals surface area contributed by atoms with Gasteiger partial charge in [-0.1, -0.05) is 12.1 Å². The standard InChI is InChI=1S/C12H14N4O3/c1-3-10-15-11(19-16-10)8-5-4-7(6-9(8)17)14-12(13)18-2/h4-6,17H,3H2,1-2H3,(H2,13,14). The molecule has 0 saturated carbocycles. The van der Waals surface area contributed by atoms with Crippen molar-refractivity contribution < 1.29 is 14.4 Å². The first-order valence-corrected chi connectivity index (χ1v) is 5.68. The van der Waals surface area contributed by atoms with E-state index in [1.165, 1.54) is 13.2 Å². The molecule has 19 heavy (non-hydrogen) atoms. The summed E-state index contributed by atoms with van der Waals surface area (Å²) in [5.41, 5.74) is 6.35. The molecule has 0 fully saturated rings. The lowest BCUT2D eigenvalue weighted by Crippen LogP contribution is -2.12. The second-order valence-corrected chi connectivity index (χ2v) is 3.72. The van der Waals surface area contributed by atoms with Crippen LogP contribution in [0.5, 0.6) is 5.75 Å². The van der Waals surface area contributed by atoms with Crippen LogP contribution in [-0.4, -0.2) is 28.4 Å². The summed E-state index contributed by atoms with van der Waals surface area (Å²) in [4.78, 5) is 8.08. The molecule has 0 atom stereocenters. The molecular formula is C12H14N4O3. The van der Waals surface area contributed by atoms with Crippen molar-refractivity contribution >= 4 is 11.7 Å². The lowest BCUT2D eigenvalue weighted by atomic mass is 10.2. The smallest absolute Gasteiger partial charge is 0.286 e. The lowest BCUT2D eigenvalue weighted by molar-refractivity contribution is 0.397. The maximum absolute atomic E-state index is 9.93. The van der Waals surface area contributed by atoms with Gasteiger partial charge < -0.3 is 20.1 Å². The monoisotopic (exact) mass is 262 g/mol. The molecule has 1 aromatic carbocycles. The van der Waals surface area contributed by atoms with Crippen LogP contribution in [0.4, 0.5) is 5.69 Å². The SMILES string of the molecule is CCc1noc(-c2ccc(N=C(N)OC)cc2O)n1. The molecule has 2 aromatic rings. The first-order chi connectivity index (χ1) is 9.13. The van der Waals surface area contributed by atoms with Crippen LogP contribution in [0, 0.1) is 0 Å². The number of aromatic hydroxyl groups is 1. The number of rotatable bonds is 3. The van der Waals surface area contributed by atoms with E-state index in [9.17, 15) is 5.11 Å². The Hall–Kier alpha value is -2.57. The van der Waals surface area contributed by atoms with Gasteiger partial charge in [0.1, 0.15) is 5.75 Å². The van der Waals surface area contributed by atoms with E-state index in [-0.39, 0.29) is 17.7 Å². The van der Waals surface area contributed by atoms with Crippen molar-refractivity contribution in [2.75, 3.05) is 7.11 Å². The summed E-state index contributed by atoms with van der Waals surface area (Å²) in [5, 5.41) is 13.7. The van der Waals surface area contributed by atoms with Gasteiger partial charge in [0, 0.05) is 12.5 Å². The fraction of sp³-hybridized carbons (Fsp3) is 0.250. The van der Waals surface area contributed by atoms with E-state index in [4.69, 9.17) is 15.0 Å². The number of methoxy groups -OCH3 is 1. The summed E-state index contributed by atoms with van der Waals surface area (Å²) in [6.45, 7) is 1.92. The van der Waals surface area contributed by atoms with Crippen LogP contribution in [0.25, 0.3) is 11.5 Å². The third-order valence-corrected chi connectivity index (χ3v) is 2.44. The van der Waals surface area contributed by atoms with E-state index in [1.54, 1.807) is 12.1 Å². The van der Waals surface area contributed by atoms with Crippen molar-refractivity contribution in [1.29, 1.82) is 0 Å². The van der Waals surface area contributed by atoms with E-state index in [2.05, 4.69) is 15.1 Å². The van der Waals surface area contributed by atoms with E-state index >= 15 is 0 Å². The molecule has 0 aliphatic carbocycles. The van der Waals surface area contributed by atoms with Gasteiger partial charge in [-0.25, -0.2) is 0 Å². The molecule has 100 valence electrons. The molecule has 0 radical (unpaired) electrons. The predicted molar refractivity (Wildman–Crippen MR) is 69.1 cm³/mol. The summed E-state index contributed by atoms with van der Waals surface area (Å²) >= 11 is 0. The Kier molecular flexibility index (Phi) is 3.65. The van der Waals surface area contributed by atoms with E-state index in [0.717, 1.165) is 0 Å². The Labute approximate surface area is 109 Å². The number of hydrogen-bond acceptors (Lipinski definition) is 6. The van der Waals surface area contributed by atoms with Crippen molar-refractivity contribution in [2.45, 2.75) is 13.3 Å². The number of ether oxygens (including phenoxy) is 1. The molecule has 7 heteroatoms. The molecule has 3 N–H and O–H groups in total. The Balaban J connectivity index is 2.34. The van der Waals surface area contributed by atoms with Gasteiger partial charge in [-0.2, -0.15) is 9.98 Å². The molecule has 1 heterocycles. The third-order valence-electron chi connectivity index (χ3n) is 2.44. The van der Waals surface area contributed by atoms with E-state index in [0.29, 0.717) is 23.5 Å². The summed E-state index contributed by atoms with van der Waals surface area (Å²) in [6, 6.07) is 4.75. The largest absolute Gasteiger partial charge is 0.507 e. The molecule has 0 amide bonds.